The van der Waals surface area contributed by atoms with Gasteiger partial charge in [0, 0.05) is 30.7 Å². The minimum Gasteiger partial charge on any atom is -0.316 e. The smallest absolute Gasteiger partial charge is 0.127 e. The lowest BCUT2D eigenvalue weighted by molar-refractivity contribution is 0.229. The van der Waals surface area contributed by atoms with Crippen LogP contribution in [-0.4, -0.2) is 31.1 Å². The maximum atomic E-state index is 13.8. The Morgan fingerprint density at radius 1 is 1.47 bits per heavy atom. The van der Waals surface area contributed by atoms with Crippen LogP contribution in [-0.2, 0) is 0 Å². The Bertz CT molecular complexity index is 367. The van der Waals surface area contributed by atoms with Crippen molar-refractivity contribution in [1.82, 2.24) is 10.2 Å². The van der Waals surface area contributed by atoms with E-state index in [1.165, 1.54) is 0 Å². The molecule has 0 spiro atoms. The Morgan fingerprint density at radius 2 is 2.24 bits per heavy atom. The number of nitrogens with one attached hydrogen (secondary N) is 1. The second-order valence-electron chi connectivity index (χ2n) is 4.71. The summed E-state index contributed by atoms with van der Waals surface area (Å²) in [4.78, 5) is 2.39. The topological polar surface area (TPSA) is 15.3 Å². The largest absolute Gasteiger partial charge is 0.316 e. The normalized spacial score (nSPS) is 22.9. The predicted molar refractivity (Wildman–Crippen MR) is 68.5 cm³/mol. The zero-order chi connectivity index (χ0) is 12.3. The van der Waals surface area contributed by atoms with Gasteiger partial charge in [-0.05, 0) is 26.0 Å². The highest BCUT2D eigenvalue weighted by atomic mass is 19.1. The third-order valence-corrected chi connectivity index (χ3v) is 3.72. The first kappa shape index (κ1) is 12.5. The van der Waals surface area contributed by atoms with Crippen LogP contribution in [0, 0.1) is 5.82 Å². The molecule has 1 heterocycles. The highest BCUT2D eigenvalue weighted by Crippen LogP contribution is 2.29. The van der Waals surface area contributed by atoms with Gasteiger partial charge >= 0.3 is 0 Å². The van der Waals surface area contributed by atoms with Crippen LogP contribution in [0.25, 0.3) is 0 Å². The third kappa shape index (κ3) is 2.67. The van der Waals surface area contributed by atoms with E-state index in [-0.39, 0.29) is 11.9 Å². The Morgan fingerprint density at radius 3 is 2.82 bits per heavy atom. The highest BCUT2D eigenvalue weighted by Gasteiger charge is 2.28. The van der Waals surface area contributed by atoms with E-state index in [1.807, 2.05) is 19.2 Å². The van der Waals surface area contributed by atoms with Gasteiger partial charge in [0.1, 0.15) is 5.82 Å². The van der Waals surface area contributed by atoms with Crippen molar-refractivity contribution in [2.24, 2.45) is 0 Å². The fraction of sp³-hybridized carbons (Fsp3) is 0.571. The number of hydrogen-bond donors (Lipinski definition) is 1. The van der Waals surface area contributed by atoms with Crippen LogP contribution in [0.1, 0.15) is 31.4 Å². The van der Waals surface area contributed by atoms with E-state index in [4.69, 9.17) is 0 Å². The molecule has 2 unspecified atom stereocenters. The van der Waals surface area contributed by atoms with Crippen molar-refractivity contribution in [1.29, 1.82) is 0 Å². The molecule has 2 rings (SSSR count). The van der Waals surface area contributed by atoms with Gasteiger partial charge in [0.05, 0.1) is 0 Å². The zero-order valence-corrected chi connectivity index (χ0v) is 10.6. The maximum Gasteiger partial charge on any atom is 0.127 e. The standard InChI is InChI=1S/C14H21FN2/c1-3-14(12-6-4-5-7-13(12)15)17-9-8-11(10-17)16-2/h4-7,11,14,16H,3,8-10H2,1-2H3. The van der Waals surface area contributed by atoms with E-state index in [0.717, 1.165) is 31.5 Å². The average Bonchev–Trinajstić information content (AvgIpc) is 2.81. The number of nitrogens with zero attached hydrogens (tertiary/aromatic N) is 1. The molecule has 1 aliphatic heterocycles. The van der Waals surface area contributed by atoms with Crippen LogP contribution in [0.4, 0.5) is 4.39 Å². The summed E-state index contributed by atoms with van der Waals surface area (Å²) >= 11 is 0. The summed E-state index contributed by atoms with van der Waals surface area (Å²) in [5, 5.41) is 3.30. The minimum atomic E-state index is -0.0766. The molecule has 1 fully saturated rings. The van der Waals surface area contributed by atoms with Gasteiger partial charge in [-0.15, -0.1) is 0 Å². The highest BCUT2D eigenvalue weighted by molar-refractivity contribution is 5.21. The third-order valence-electron chi connectivity index (χ3n) is 3.72. The number of hydrogen-bond acceptors (Lipinski definition) is 2. The fourth-order valence-corrected chi connectivity index (χ4v) is 2.73. The van der Waals surface area contributed by atoms with E-state index < -0.39 is 0 Å². The maximum absolute atomic E-state index is 13.8. The van der Waals surface area contributed by atoms with Gasteiger partial charge in [-0.1, -0.05) is 25.1 Å². The lowest BCUT2D eigenvalue weighted by Crippen LogP contribution is -2.32. The molecular weight excluding hydrogens is 215 g/mol. The van der Waals surface area contributed by atoms with Crippen molar-refractivity contribution in [2.45, 2.75) is 31.8 Å². The predicted octanol–water partition coefficient (Wildman–Crippen LogP) is 2.57. The molecule has 0 aliphatic carbocycles. The molecule has 0 bridgehead atoms. The second-order valence-corrected chi connectivity index (χ2v) is 4.71. The molecule has 1 aliphatic rings. The zero-order valence-electron chi connectivity index (χ0n) is 10.6. The molecule has 17 heavy (non-hydrogen) atoms. The van der Waals surface area contributed by atoms with Gasteiger partial charge in [-0.3, -0.25) is 4.90 Å². The van der Waals surface area contributed by atoms with E-state index in [0.29, 0.717) is 6.04 Å². The summed E-state index contributed by atoms with van der Waals surface area (Å²) in [6, 6.07) is 7.92. The van der Waals surface area contributed by atoms with E-state index in [9.17, 15) is 4.39 Å². The van der Waals surface area contributed by atoms with Gasteiger partial charge in [-0.25, -0.2) is 4.39 Å². The Kier molecular flexibility index (Phi) is 4.13. The van der Waals surface area contributed by atoms with Gasteiger partial charge in [0.2, 0.25) is 0 Å². The first-order chi connectivity index (χ1) is 8.26. The molecule has 0 amide bonds. The summed E-state index contributed by atoms with van der Waals surface area (Å²) < 4.78 is 13.8. The van der Waals surface area contributed by atoms with Crippen LogP contribution in [0.5, 0.6) is 0 Å². The average molecular weight is 236 g/mol. The molecule has 0 radical (unpaired) electrons. The van der Waals surface area contributed by atoms with Gasteiger partial charge in [0.25, 0.3) is 0 Å². The lowest BCUT2D eigenvalue weighted by atomic mass is 10.0. The van der Waals surface area contributed by atoms with Crippen molar-refractivity contribution in [3.05, 3.63) is 35.6 Å². The molecule has 1 saturated heterocycles. The van der Waals surface area contributed by atoms with Crippen molar-refractivity contribution in [2.75, 3.05) is 20.1 Å². The first-order valence-electron chi connectivity index (χ1n) is 6.42. The van der Waals surface area contributed by atoms with Crippen molar-refractivity contribution in [3.63, 3.8) is 0 Å². The monoisotopic (exact) mass is 236 g/mol. The van der Waals surface area contributed by atoms with Gasteiger partial charge in [0.15, 0.2) is 0 Å². The number of halogens is 1. The second kappa shape index (κ2) is 5.61. The summed E-state index contributed by atoms with van der Waals surface area (Å²) in [6.45, 7) is 4.20. The van der Waals surface area contributed by atoms with Crippen LogP contribution in [0.15, 0.2) is 24.3 Å². The summed E-state index contributed by atoms with van der Waals surface area (Å²) in [6.07, 6.45) is 2.11. The molecular formula is C14H21FN2. The molecule has 0 aromatic heterocycles. The number of benzene rings is 1. The quantitative estimate of drug-likeness (QED) is 0.864. The van der Waals surface area contributed by atoms with E-state index in [2.05, 4.69) is 17.1 Å². The molecule has 2 nitrogen and oxygen atoms in total. The van der Waals surface area contributed by atoms with Crippen LogP contribution in [0.3, 0.4) is 0 Å². The SMILES string of the molecule is CCC(c1ccccc1F)N1CCC(NC)C1. The number of rotatable bonds is 4. The van der Waals surface area contributed by atoms with Gasteiger partial charge in [-0.2, -0.15) is 0 Å². The van der Waals surface area contributed by atoms with Crippen LogP contribution >= 0.6 is 0 Å². The Labute approximate surface area is 103 Å². The summed E-state index contributed by atoms with van der Waals surface area (Å²) in [5.74, 6) is -0.0766. The molecule has 1 N–H and O–H groups in total. The summed E-state index contributed by atoms with van der Waals surface area (Å²) in [5.41, 5.74) is 0.840. The Balaban J connectivity index is 2.15. The number of likely N-dealkylation sites (N-methyl/N-ethyl adjacent to an activating group) is 1. The van der Waals surface area contributed by atoms with E-state index in [1.54, 1.807) is 12.1 Å². The lowest BCUT2D eigenvalue weighted by Gasteiger charge is -2.27. The summed E-state index contributed by atoms with van der Waals surface area (Å²) in [7, 11) is 2.00. The molecule has 94 valence electrons. The van der Waals surface area contributed by atoms with E-state index >= 15 is 0 Å². The molecule has 0 saturated carbocycles. The molecule has 1 aromatic carbocycles. The van der Waals surface area contributed by atoms with Crippen molar-refractivity contribution in [3.8, 4) is 0 Å². The van der Waals surface area contributed by atoms with Crippen LogP contribution in [0.2, 0.25) is 0 Å². The number of likely N-dealkylation sites (tertiary alicyclic amines) is 1. The first-order valence-corrected chi connectivity index (χ1v) is 6.42. The van der Waals surface area contributed by atoms with Gasteiger partial charge < -0.3 is 5.32 Å². The van der Waals surface area contributed by atoms with Crippen LogP contribution < -0.4 is 5.32 Å². The molecule has 2 atom stereocenters. The minimum absolute atomic E-state index is 0.0766. The fourth-order valence-electron chi connectivity index (χ4n) is 2.73. The Hall–Kier alpha value is -0.930. The molecule has 3 heteroatoms. The van der Waals surface area contributed by atoms with Crippen molar-refractivity contribution >= 4 is 0 Å². The molecule has 1 aromatic rings. The van der Waals surface area contributed by atoms with Crippen molar-refractivity contribution < 1.29 is 4.39 Å².